The van der Waals surface area contributed by atoms with E-state index in [0.717, 1.165) is 22.2 Å². The maximum atomic E-state index is 13.1. The molecule has 35 heavy (non-hydrogen) atoms. The molecule has 0 bridgehead atoms. The van der Waals surface area contributed by atoms with E-state index < -0.39 is 5.63 Å². The van der Waals surface area contributed by atoms with Gasteiger partial charge < -0.3 is 9.32 Å². The van der Waals surface area contributed by atoms with Crippen molar-refractivity contribution >= 4 is 28.6 Å². The Hall–Kier alpha value is -4.17. The molecule has 5 aromatic rings. The standard InChI is InChI=1S/C27H20N4O3S/c32-24-17-35-26(30(24)15-18-7-6-12-28-14-18)22-16-31(20-9-2-1-3-10-20)29-25(22)21-13-19-8-4-5-11-23(19)34-27(21)33/h1-14,16,26H,15,17H2/t26-/m0/s1. The number of hydrogen-bond acceptors (Lipinski definition) is 6. The number of amides is 1. The Bertz CT molecular complexity index is 1580. The first-order chi connectivity index (χ1) is 17.2. The van der Waals surface area contributed by atoms with E-state index in [1.165, 1.54) is 11.8 Å². The van der Waals surface area contributed by atoms with E-state index in [-0.39, 0.29) is 11.3 Å². The van der Waals surface area contributed by atoms with Crippen LogP contribution in [0.3, 0.4) is 0 Å². The summed E-state index contributed by atoms with van der Waals surface area (Å²) in [5.41, 5.74) is 3.53. The Morgan fingerprint density at radius 1 is 1.00 bits per heavy atom. The van der Waals surface area contributed by atoms with Crippen LogP contribution in [0, 0.1) is 0 Å². The Kier molecular flexibility index (Phi) is 5.42. The van der Waals surface area contributed by atoms with Gasteiger partial charge in [0, 0.05) is 36.1 Å². The van der Waals surface area contributed by atoms with Gasteiger partial charge in [0.1, 0.15) is 16.7 Å². The molecule has 0 saturated carbocycles. The minimum Gasteiger partial charge on any atom is -0.422 e. The third kappa shape index (κ3) is 4.02. The molecular weight excluding hydrogens is 460 g/mol. The second-order valence-electron chi connectivity index (χ2n) is 8.24. The van der Waals surface area contributed by atoms with Gasteiger partial charge in [0.2, 0.25) is 5.91 Å². The van der Waals surface area contributed by atoms with E-state index in [9.17, 15) is 9.59 Å². The first-order valence-electron chi connectivity index (χ1n) is 11.2. The third-order valence-electron chi connectivity index (χ3n) is 5.97. The van der Waals surface area contributed by atoms with Crippen molar-refractivity contribution in [2.45, 2.75) is 11.9 Å². The lowest BCUT2D eigenvalue weighted by molar-refractivity contribution is -0.128. The number of nitrogens with zero attached hydrogens (tertiary/aromatic N) is 4. The van der Waals surface area contributed by atoms with Crippen molar-refractivity contribution in [3.05, 3.63) is 113 Å². The van der Waals surface area contributed by atoms with Crippen LogP contribution in [0.15, 0.2) is 101 Å². The Morgan fingerprint density at radius 3 is 2.66 bits per heavy atom. The maximum Gasteiger partial charge on any atom is 0.345 e. The number of pyridine rings is 1. The first-order valence-corrected chi connectivity index (χ1v) is 12.2. The van der Waals surface area contributed by atoms with Gasteiger partial charge in [-0.25, -0.2) is 9.48 Å². The lowest BCUT2D eigenvalue weighted by Gasteiger charge is -2.24. The molecule has 0 N–H and O–H groups in total. The summed E-state index contributed by atoms with van der Waals surface area (Å²) in [5.74, 6) is 0.389. The van der Waals surface area contributed by atoms with E-state index >= 15 is 0 Å². The maximum absolute atomic E-state index is 13.1. The molecule has 172 valence electrons. The van der Waals surface area contributed by atoms with Crippen LogP contribution in [0.25, 0.3) is 27.9 Å². The quantitative estimate of drug-likeness (QED) is 0.336. The fourth-order valence-corrected chi connectivity index (χ4v) is 5.48. The van der Waals surface area contributed by atoms with E-state index in [1.807, 2.05) is 77.8 Å². The lowest BCUT2D eigenvalue weighted by atomic mass is 10.1. The highest BCUT2D eigenvalue weighted by Crippen LogP contribution is 2.43. The highest BCUT2D eigenvalue weighted by atomic mass is 32.2. The van der Waals surface area contributed by atoms with Crippen LogP contribution >= 0.6 is 11.8 Å². The van der Waals surface area contributed by atoms with Crippen LogP contribution < -0.4 is 5.63 Å². The molecule has 7 nitrogen and oxygen atoms in total. The molecule has 1 aliphatic rings. The molecular formula is C27H20N4O3S. The zero-order chi connectivity index (χ0) is 23.8. The fourth-order valence-electron chi connectivity index (χ4n) is 4.29. The molecule has 0 aliphatic carbocycles. The molecule has 6 rings (SSSR count). The van der Waals surface area contributed by atoms with E-state index in [0.29, 0.717) is 29.1 Å². The summed E-state index contributed by atoms with van der Waals surface area (Å²) in [7, 11) is 0. The van der Waals surface area contributed by atoms with Crippen LogP contribution in [0.5, 0.6) is 0 Å². The van der Waals surface area contributed by atoms with Gasteiger partial charge in [-0.1, -0.05) is 42.5 Å². The molecule has 0 unspecified atom stereocenters. The monoisotopic (exact) mass is 480 g/mol. The van der Waals surface area contributed by atoms with Gasteiger partial charge in [0.15, 0.2) is 0 Å². The van der Waals surface area contributed by atoms with E-state index in [2.05, 4.69) is 4.98 Å². The van der Waals surface area contributed by atoms with Crippen molar-refractivity contribution in [1.82, 2.24) is 19.7 Å². The predicted octanol–water partition coefficient (Wildman–Crippen LogP) is 4.81. The number of thioether (sulfide) groups is 1. The molecule has 0 radical (unpaired) electrons. The molecule has 0 spiro atoms. The highest BCUT2D eigenvalue weighted by molar-refractivity contribution is 8.00. The molecule has 1 amide bonds. The summed E-state index contributed by atoms with van der Waals surface area (Å²) >= 11 is 1.53. The number of benzene rings is 2. The smallest absolute Gasteiger partial charge is 0.345 e. The molecule has 1 saturated heterocycles. The minimum atomic E-state index is -0.462. The zero-order valence-electron chi connectivity index (χ0n) is 18.6. The van der Waals surface area contributed by atoms with Crippen LogP contribution in [-0.2, 0) is 11.3 Å². The largest absolute Gasteiger partial charge is 0.422 e. The third-order valence-corrected chi connectivity index (χ3v) is 7.21. The summed E-state index contributed by atoms with van der Waals surface area (Å²) in [6.45, 7) is 0.423. The summed E-state index contributed by atoms with van der Waals surface area (Å²) < 4.78 is 7.38. The summed E-state index contributed by atoms with van der Waals surface area (Å²) in [6.07, 6.45) is 5.38. The van der Waals surface area contributed by atoms with Crippen molar-refractivity contribution in [2.75, 3.05) is 5.75 Å². The van der Waals surface area contributed by atoms with Crippen molar-refractivity contribution in [2.24, 2.45) is 0 Å². The van der Waals surface area contributed by atoms with Crippen LogP contribution in [0.2, 0.25) is 0 Å². The predicted molar refractivity (Wildman–Crippen MR) is 135 cm³/mol. The average Bonchev–Trinajstić information content (AvgIpc) is 3.48. The number of aromatic nitrogens is 3. The number of fused-ring (bicyclic) bond motifs is 1. The van der Waals surface area contributed by atoms with Gasteiger partial charge in [-0.3, -0.25) is 9.78 Å². The number of rotatable bonds is 5. The fraction of sp³-hybridized carbons (Fsp3) is 0.111. The van der Waals surface area contributed by atoms with Gasteiger partial charge in [0.05, 0.1) is 17.0 Å². The number of para-hydroxylation sites is 2. The van der Waals surface area contributed by atoms with E-state index in [1.54, 1.807) is 23.1 Å². The molecule has 1 aliphatic heterocycles. The van der Waals surface area contributed by atoms with Gasteiger partial charge >= 0.3 is 5.63 Å². The molecule has 8 heteroatoms. The highest BCUT2D eigenvalue weighted by Gasteiger charge is 2.36. The molecule has 3 aromatic heterocycles. The molecule has 4 heterocycles. The number of carbonyl (C=O) groups is 1. The second kappa shape index (κ2) is 8.88. The lowest BCUT2D eigenvalue weighted by Crippen LogP contribution is -2.28. The van der Waals surface area contributed by atoms with Crippen molar-refractivity contribution in [3.8, 4) is 16.9 Å². The van der Waals surface area contributed by atoms with Crippen molar-refractivity contribution in [3.63, 3.8) is 0 Å². The van der Waals surface area contributed by atoms with Gasteiger partial charge in [0.25, 0.3) is 0 Å². The van der Waals surface area contributed by atoms with Crippen LogP contribution in [-0.4, -0.2) is 31.3 Å². The van der Waals surface area contributed by atoms with Crippen molar-refractivity contribution in [1.29, 1.82) is 0 Å². The van der Waals surface area contributed by atoms with Crippen LogP contribution in [0.1, 0.15) is 16.5 Å². The van der Waals surface area contributed by atoms with E-state index in [4.69, 9.17) is 9.52 Å². The van der Waals surface area contributed by atoms with Gasteiger partial charge in [-0.05, 0) is 35.9 Å². The Morgan fingerprint density at radius 2 is 1.83 bits per heavy atom. The number of carbonyl (C=O) groups excluding carboxylic acids is 1. The normalized spacial score (nSPS) is 15.7. The Balaban J connectivity index is 1.51. The summed E-state index contributed by atoms with van der Waals surface area (Å²) in [6, 6.07) is 22.7. The van der Waals surface area contributed by atoms with Crippen LogP contribution in [0.4, 0.5) is 0 Å². The minimum absolute atomic E-state index is 0.0350. The molecule has 2 aromatic carbocycles. The topological polar surface area (TPSA) is 81.2 Å². The SMILES string of the molecule is O=C1CS[C@@H](c2cn(-c3ccccc3)nc2-c2cc3ccccc3oc2=O)N1Cc1cccnc1. The first kappa shape index (κ1) is 21.4. The zero-order valence-corrected chi connectivity index (χ0v) is 19.4. The average molecular weight is 481 g/mol. The van der Waals surface area contributed by atoms with Crippen molar-refractivity contribution < 1.29 is 9.21 Å². The van der Waals surface area contributed by atoms with Gasteiger partial charge in [-0.2, -0.15) is 5.10 Å². The van der Waals surface area contributed by atoms with Gasteiger partial charge in [-0.15, -0.1) is 11.8 Å². The summed E-state index contributed by atoms with van der Waals surface area (Å²) in [5, 5.41) is 5.33. The molecule has 1 atom stereocenters. The summed E-state index contributed by atoms with van der Waals surface area (Å²) in [4.78, 5) is 32.0. The second-order valence-corrected chi connectivity index (χ2v) is 9.31. The molecule has 1 fully saturated rings. The Labute approximate surface area is 205 Å². The number of hydrogen-bond donors (Lipinski definition) is 0.